The van der Waals surface area contributed by atoms with Crippen LogP contribution >= 0.6 is 31.9 Å². The molecule has 0 aliphatic heterocycles. The SMILES string of the molecule is C[C@H](C=C(Br)Br)[C@H]1CC[C@H]2[C@@H](O[Si](C)(C)C(C)(C)C)CCC[C@]12C. The minimum Gasteiger partial charge on any atom is -0.414 e. The highest BCUT2D eigenvalue weighted by molar-refractivity contribution is 9.28. The molecule has 0 amide bonds. The molecule has 0 radical (unpaired) electrons. The van der Waals surface area contributed by atoms with Crippen molar-refractivity contribution < 1.29 is 4.43 Å². The Morgan fingerprint density at radius 1 is 1.21 bits per heavy atom. The van der Waals surface area contributed by atoms with Gasteiger partial charge in [0.1, 0.15) is 0 Å². The number of hydrogen-bond donors (Lipinski definition) is 0. The highest BCUT2D eigenvalue weighted by Crippen LogP contribution is 2.59. The number of allylic oxidation sites excluding steroid dienone is 1. The zero-order chi connectivity index (χ0) is 18.3. The van der Waals surface area contributed by atoms with E-state index in [4.69, 9.17) is 4.43 Å². The van der Waals surface area contributed by atoms with Gasteiger partial charge in [0.15, 0.2) is 8.32 Å². The second kappa shape index (κ2) is 7.48. The average Bonchev–Trinajstić information content (AvgIpc) is 2.74. The van der Waals surface area contributed by atoms with Gasteiger partial charge in [-0.15, -0.1) is 0 Å². The summed E-state index contributed by atoms with van der Waals surface area (Å²) in [7, 11) is -1.69. The first-order valence-electron chi connectivity index (χ1n) is 9.59. The van der Waals surface area contributed by atoms with Crippen molar-refractivity contribution >= 4 is 40.2 Å². The van der Waals surface area contributed by atoms with Crippen molar-refractivity contribution in [1.29, 1.82) is 0 Å². The van der Waals surface area contributed by atoms with Crippen molar-refractivity contribution in [2.75, 3.05) is 0 Å². The van der Waals surface area contributed by atoms with Crippen molar-refractivity contribution in [3.05, 3.63) is 9.47 Å². The van der Waals surface area contributed by atoms with Crippen LogP contribution in [0.2, 0.25) is 18.1 Å². The second-order valence-corrected chi connectivity index (χ2v) is 17.4. The summed E-state index contributed by atoms with van der Waals surface area (Å²) in [5.41, 5.74) is 0.441. The molecule has 2 fully saturated rings. The topological polar surface area (TPSA) is 9.23 Å². The summed E-state index contributed by atoms with van der Waals surface area (Å²) < 4.78 is 8.03. The van der Waals surface area contributed by atoms with Gasteiger partial charge in [-0.1, -0.05) is 47.1 Å². The molecule has 2 aliphatic carbocycles. The van der Waals surface area contributed by atoms with Gasteiger partial charge in [-0.2, -0.15) is 0 Å². The molecule has 0 N–H and O–H groups in total. The number of fused-ring (bicyclic) bond motifs is 1. The van der Waals surface area contributed by atoms with Gasteiger partial charge < -0.3 is 4.43 Å². The predicted molar refractivity (Wildman–Crippen MR) is 115 cm³/mol. The second-order valence-electron chi connectivity index (χ2n) is 9.92. The number of halogens is 2. The van der Waals surface area contributed by atoms with Gasteiger partial charge in [-0.3, -0.25) is 0 Å². The third kappa shape index (κ3) is 4.23. The van der Waals surface area contributed by atoms with E-state index in [1.165, 1.54) is 32.1 Å². The highest BCUT2D eigenvalue weighted by atomic mass is 79.9. The van der Waals surface area contributed by atoms with Gasteiger partial charge in [-0.25, -0.2) is 0 Å². The first-order chi connectivity index (χ1) is 10.9. The van der Waals surface area contributed by atoms with Gasteiger partial charge in [0.2, 0.25) is 0 Å². The Morgan fingerprint density at radius 2 is 1.83 bits per heavy atom. The van der Waals surface area contributed by atoms with Gasteiger partial charge in [0, 0.05) is 6.10 Å². The van der Waals surface area contributed by atoms with Gasteiger partial charge in [-0.05, 0) is 98.8 Å². The summed E-state index contributed by atoms with van der Waals surface area (Å²) in [5, 5.41) is 0.301. The smallest absolute Gasteiger partial charge is 0.192 e. The molecule has 0 aromatic carbocycles. The van der Waals surface area contributed by atoms with Crippen molar-refractivity contribution in [1.82, 2.24) is 0 Å². The fraction of sp³-hybridized carbons (Fsp3) is 0.900. The summed E-state index contributed by atoms with van der Waals surface area (Å²) >= 11 is 7.12. The molecule has 2 rings (SSSR count). The van der Waals surface area contributed by atoms with Crippen LogP contribution in [-0.4, -0.2) is 14.4 Å². The van der Waals surface area contributed by atoms with Crippen molar-refractivity contribution in [3.8, 4) is 0 Å². The van der Waals surface area contributed by atoms with E-state index < -0.39 is 8.32 Å². The molecule has 2 aliphatic rings. The highest BCUT2D eigenvalue weighted by Gasteiger charge is 2.54. The monoisotopic (exact) mass is 478 g/mol. The van der Waals surface area contributed by atoms with Crippen LogP contribution in [0.1, 0.15) is 66.7 Å². The first kappa shape index (κ1) is 21.2. The van der Waals surface area contributed by atoms with E-state index in [-0.39, 0.29) is 0 Å². The maximum atomic E-state index is 6.94. The molecule has 1 nitrogen and oxygen atoms in total. The lowest BCUT2D eigenvalue weighted by molar-refractivity contribution is -0.0162. The zero-order valence-corrected chi connectivity index (χ0v) is 20.8. The summed E-state index contributed by atoms with van der Waals surface area (Å²) in [6, 6.07) is 0. The minimum absolute atomic E-state index is 0.301. The van der Waals surface area contributed by atoms with E-state index in [2.05, 4.69) is 85.6 Å². The predicted octanol–water partition coefficient (Wildman–Crippen LogP) is 7.86. The van der Waals surface area contributed by atoms with Crippen molar-refractivity contribution in [2.24, 2.45) is 23.2 Å². The third-order valence-electron chi connectivity index (χ3n) is 7.41. The fourth-order valence-electron chi connectivity index (χ4n) is 5.03. The lowest BCUT2D eigenvalue weighted by Crippen LogP contribution is -2.50. The molecule has 0 aromatic rings. The molecule has 0 saturated heterocycles. The third-order valence-corrected chi connectivity index (χ3v) is 12.4. The van der Waals surface area contributed by atoms with E-state index in [1.54, 1.807) is 0 Å². The van der Waals surface area contributed by atoms with Crippen LogP contribution < -0.4 is 0 Å². The van der Waals surface area contributed by atoms with Crippen LogP contribution in [0.4, 0.5) is 0 Å². The van der Waals surface area contributed by atoms with Crippen LogP contribution in [0.25, 0.3) is 0 Å². The molecule has 140 valence electrons. The molecular formula is C20H36Br2OSi. The maximum absolute atomic E-state index is 6.94. The Bertz CT molecular complexity index is 479. The lowest BCUT2D eigenvalue weighted by atomic mass is 9.62. The Morgan fingerprint density at radius 3 is 2.38 bits per heavy atom. The molecule has 0 heterocycles. The number of hydrogen-bond acceptors (Lipinski definition) is 1. The molecule has 0 unspecified atom stereocenters. The maximum Gasteiger partial charge on any atom is 0.192 e. The lowest BCUT2D eigenvalue weighted by Gasteiger charge is -2.49. The Kier molecular flexibility index (Phi) is 6.60. The van der Waals surface area contributed by atoms with Crippen LogP contribution in [0.5, 0.6) is 0 Å². The Labute approximate surface area is 167 Å². The fourth-order valence-corrected chi connectivity index (χ4v) is 7.26. The molecule has 4 heteroatoms. The van der Waals surface area contributed by atoms with E-state index in [1.807, 2.05) is 0 Å². The Hall–Kier alpha value is 0.877. The molecule has 0 aromatic heterocycles. The van der Waals surface area contributed by atoms with Crippen LogP contribution in [0, 0.1) is 23.2 Å². The van der Waals surface area contributed by atoms with Gasteiger partial charge in [0.25, 0.3) is 0 Å². The largest absolute Gasteiger partial charge is 0.414 e. The summed E-state index contributed by atoms with van der Waals surface area (Å²) in [6.45, 7) is 16.9. The van der Waals surface area contributed by atoms with Crippen LogP contribution in [-0.2, 0) is 4.43 Å². The van der Waals surface area contributed by atoms with Crippen molar-refractivity contribution in [2.45, 2.75) is 91.0 Å². The molecule has 5 atom stereocenters. The van der Waals surface area contributed by atoms with Crippen LogP contribution in [0.3, 0.4) is 0 Å². The molecule has 0 bridgehead atoms. The van der Waals surface area contributed by atoms with Gasteiger partial charge in [0.05, 0.1) is 3.39 Å². The average molecular weight is 480 g/mol. The Balaban J connectivity index is 2.19. The standard InChI is InChI=1S/C20H36Br2OSi/c1-14(13-18(21)22)15-10-11-16-17(9-8-12-20(15,16)5)23-24(6,7)19(2,3)4/h13-17H,8-12H2,1-7H3/t14-,15-,16+,17+,20-/m1/s1. The van der Waals surface area contributed by atoms with E-state index >= 15 is 0 Å². The van der Waals surface area contributed by atoms with Crippen molar-refractivity contribution in [3.63, 3.8) is 0 Å². The van der Waals surface area contributed by atoms with E-state index in [0.29, 0.717) is 22.5 Å². The summed E-state index contributed by atoms with van der Waals surface area (Å²) in [4.78, 5) is 0. The normalized spacial score (nSPS) is 35.5. The van der Waals surface area contributed by atoms with E-state index in [9.17, 15) is 0 Å². The quantitative estimate of drug-likeness (QED) is 0.372. The molecule has 24 heavy (non-hydrogen) atoms. The van der Waals surface area contributed by atoms with Crippen LogP contribution in [0.15, 0.2) is 9.47 Å². The molecular weight excluding hydrogens is 444 g/mol. The molecule has 2 saturated carbocycles. The summed E-state index contributed by atoms with van der Waals surface area (Å²) in [6.07, 6.45) is 9.50. The summed E-state index contributed by atoms with van der Waals surface area (Å²) in [5.74, 6) is 2.13. The van der Waals surface area contributed by atoms with Gasteiger partial charge >= 0.3 is 0 Å². The van der Waals surface area contributed by atoms with E-state index in [0.717, 1.165) is 15.2 Å². The number of rotatable bonds is 4. The zero-order valence-electron chi connectivity index (χ0n) is 16.6. The minimum atomic E-state index is -1.69. The first-order valence-corrected chi connectivity index (χ1v) is 14.1. The molecule has 0 spiro atoms.